The van der Waals surface area contributed by atoms with Crippen LogP contribution in [0.2, 0.25) is 5.02 Å². The molecule has 0 atom stereocenters. The Balaban J connectivity index is 0. The fourth-order valence-corrected chi connectivity index (χ4v) is 2.77. The van der Waals surface area contributed by atoms with E-state index in [-0.39, 0.29) is 20.7 Å². The third-order valence-electron chi connectivity index (χ3n) is 4.51. The molecule has 0 saturated carbocycles. The zero-order valence-corrected chi connectivity index (χ0v) is 20.7. The van der Waals surface area contributed by atoms with E-state index in [1.165, 1.54) is 28.8 Å². The van der Waals surface area contributed by atoms with Gasteiger partial charge in [0, 0.05) is 5.02 Å². The minimum atomic E-state index is -0.286. The summed E-state index contributed by atoms with van der Waals surface area (Å²) >= 11 is 5.57. The van der Waals surface area contributed by atoms with Gasteiger partial charge in [-0.05, 0) is 63.9 Å². The van der Waals surface area contributed by atoms with Crippen LogP contribution in [-0.2, 0) is 0 Å². The van der Waals surface area contributed by atoms with Crippen LogP contribution in [0.3, 0.4) is 0 Å². The van der Waals surface area contributed by atoms with Crippen molar-refractivity contribution in [3.8, 4) is 6.07 Å². The minimum absolute atomic E-state index is 0. The van der Waals surface area contributed by atoms with Gasteiger partial charge in [-0.25, -0.2) is 4.39 Å². The first kappa shape index (κ1) is 33.8. The molecule has 0 heterocycles. The Kier molecular flexibility index (Phi) is 18.3. The first-order valence-corrected chi connectivity index (χ1v) is 11.0. The first-order valence-electron chi connectivity index (χ1n) is 10.6. The molecule has 0 N–H and O–H groups in total. The van der Waals surface area contributed by atoms with E-state index in [0.717, 1.165) is 16.7 Å². The molecular weight excluding hydrogens is 453 g/mol. The van der Waals surface area contributed by atoms with Crippen LogP contribution in [0.4, 0.5) is 4.39 Å². The Morgan fingerprint density at radius 2 is 1.11 bits per heavy atom. The molecule has 0 amide bonds. The molecule has 0 fully saturated rings. The SMILES string of the molecule is C.C.Cc1ccc(F)cc1Cl.Cc1cccc(C)c1.Cc1ccccc1.Cc1ccccc1C#N. The lowest BCUT2D eigenvalue weighted by atomic mass is 10.1. The van der Waals surface area contributed by atoms with Crippen molar-refractivity contribution >= 4 is 11.6 Å². The van der Waals surface area contributed by atoms with E-state index in [1.807, 2.05) is 56.3 Å². The number of nitrogens with zero attached hydrogens (tertiary/aromatic N) is 1. The summed E-state index contributed by atoms with van der Waals surface area (Å²) < 4.78 is 12.3. The molecule has 0 aliphatic carbocycles. The third kappa shape index (κ3) is 15.2. The van der Waals surface area contributed by atoms with Gasteiger partial charge in [0.2, 0.25) is 0 Å². The van der Waals surface area contributed by atoms with Crippen LogP contribution < -0.4 is 0 Å². The molecule has 0 bridgehead atoms. The molecule has 0 aromatic heterocycles. The van der Waals surface area contributed by atoms with E-state index in [4.69, 9.17) is 16.9 Å². The second-order valence-electron chi connectivity index (χ2n) is 7.63. The molecule has 3 heteroatoms. The van der Waals surface area contributed by atoms with E-state index in [0.29, 0.717) is 5.02 Å². The maximum atomic E-state index is 12.3. The highest BCUT2D eigenvalue weighted by Gasteiger charge is 1.94. The second-order valence-corrected chi connectivity index (χ2v) is 8.04. The van der Waals surface area contributed by atoms with E-state index in [9.17, 15) is 4.39 Å². The number of benzene rings is 4. The monoisotopic (exact) mass is 491 g/mol. The van der Waals surface area contributed by atoms with Crippen LogP contribution in [0.1, 0.15) is 48.2 Å². The molecule has 35 heavy (non-hydrogen) atoms. The normalized spacial score (nSPS) is 8.51. The predicted octanol–water partition coefficient (Wildman–Crippen LogP) is 10.2. The van der Waals surface area contributed by atoms with Crippen LogP contribution in [0.5, 0.6) is 0 Å². The average molecular weight is 492 g/mol. The van der Waals surface area contributed by atoms with Crippen molar-refractivity contribution in [2.24, 2.45) is 0 Å². The Bertz CT molecular complexity index is 1130. The highest BCUT2D eigenvalue weighted by atomic mass is 35.5. The molecule has 0 aliphatic rings. The smallest absolute Gasteiger partial charge is 0.124 e. The van der Waals surface area contributed by atoms with Gasteiger partial charge in [0.1, 0.15) is 5.82 Å². The van der Waals surface area contributed by atoms with Gasteiger partial charge in [0.15, 0.2) is 0 Å². The van der Waals surface area contributed by atoms with Crippen molar-refractivity contribution in [3.05, 3.63) is 141 Å². The van der Waals surface area contributed by atoms with Gasteiger partial charge in [0.25, 0.3) is 0 Å². The molecule has 0 spiro atoms. The zero-order valence-electron chi connectivity index (χ0n) is 19.9. The molecule has 4 aromatic carbocycles. The Hall–Kier alpha value is -3.41. The van der Waals surface area contributed by atoms with Crippen LogP contribution in [0.25, 0.3) is 0 Å². The summed E-state index contributed by atoms with van der Waals surface area (Å²) in [5.41, 5.74) is 6.70. The van der Waals surface area contributed by atoms with Gasteiger partial charge >= 0.3 is 0 Å². The van der Waals surface area contributed by atoms with Crippen molar-refractivity contribution < 1.29 is 4.39 Å². The average Bonchev–Trinajstić information content (AvgIpc) is 2.79. The molecule has 0 radical (unpaired) electrons. The molecule has 4 rings (SSSR count). The fraction of sp³-hybridized carbons (Fsp3) is 0.219. The second kappa shape index (κ2) is 19.0. The fourth-order valence-electron chi connectivity index (χ4n) is 2.61. The van der Waals surface area contributed by atoms with E-state index in [1.54, 1.807) is 6.07 Å². The summed E-state index contributed by atoms with van der Waals surface area (Å²) in [7, 11) is 0. The topological polar surface area (TPSA) is 23.8 Å². The van der Waals surface area contributed by atoms with Crippen molar-refractivity contribution in [2.45, 2.75) is 49.5 Å². The van der Waals surface area contributed by atoms with Gasteiger partial charge < -0.3 is 0 Å². The molecular formula is C32H39ClFN. The molecule has 186 valence electrons. The van der Waals surface area contributed by atoms with Gasteiger partial charge in [-0.1, -0.05) is 122 Å². The van der Waals surface area contributed by atoms with Crippen LogP contribution in [0, 0.1) is 51.8 Å². The lowest BCUT2D eigenvalue weighted by Crippen LogP contribution is -1.77. The van der Waals surface area contributed by atoms with Gasteiger partial charge in [0.05, 0.1) is 11.6 Å². The first-order chi connectivity index (χ1) is 15.7. The van der Waals surface area contributed by atoms with E-state index in [2.05, 4.69) is 63.2 Å². The van der Waals surface area contributed by atoms with Gasteiger partial charge in [-0.3, -0.25) is 0 Å². The van der Waals surface area contributed by atoms with Gasteiger partial charge in [-0.15, -0.1) is 0 Å². The molecule has 0 aliphatic heterocycles. The van der Waals surface area contributed by atoms with Crippen LogP contribution in [0.15, 0.2) is 97.1 Å². The van der Waals surface area contributed by atoms with Crippen molar-refractivity contribution in [1.29, 1.82) is 5.26 Å². The molecule has 0 saturated heterocycles. The maximum Gasteiger partial charge on any atom is 0.124 e. The van der Waals surface area contributed by atoms with Crippen molar-refractivity contribution in [1.82, 2.24) is 0 Å². The summed E-state index contributed by atoms with van der Waals surface area (Å²) in [5.74, 6) is -0.286. The van der Waals surface area contributed by atoms with Crippen LogP contribution >= 0.6 is 11.6 Å². The summed E-state index contributed by atoms with van der Waals surface area (Å²) in [4.78, 5) is 0. The molecule has 4 aromatic rings. The van der Waals surface area contributed by atoms with Gasteiger partial charge in [-0.2, -0.15) is 5.26 Å². The number of halogens is 2. The van der Waals surface area contributed by atoms with Crippen molar-refractivity contribution in [2.75, 3.05) is 0 Å². The lowest BCUT2D eigenvalue weighted by molar-refractivity contribution is 0.627. The largest absolute Gasteiger partial charge is 0.207 e. The maximum absolute atomic E-state index is 12.3. The number of hydrogen-bond acceptors (Lipinski definition) is 1. The lowest BCUT2D eigenvalue weighted by Gasteiger charge is -1.93. The summed E-state index contributed by atoms with van der Waals surface area (Å²) in [6.45, 7) is 10.1. The highest BCUT2D eigenvalue weighted by molar-refractivity contribution is 6.31. The quantitative estimate of drug-likeness (QED) is 0.240. The number of aryl methyl sites for hydroxylation is 5. The number of nitriles is 1. The van der Waals surface area contributed by atoms with E-state index < -0.39 is 0 Å². The molecule has 1 nitrogen and oxygen atoms in total. The predicted molar refractivity (Wildman–Crippen MR) is 153 cm³/mol. The molecule has 0 unspecified atom stereocenters. The Labute approximate surface area is 217 Å². The van der Waals surface area contributed by atoms with Crippen LogP contribution in [-0.4, -0.2) is 0 Å². The summed E-state index contributed by atoms with van der Waals surface area (Å²) in [6.07, 6.45) is 0. The minimum Gasteiger partial charge on any atom is -0.207 e. The van der Waals surface area contributed by atoms with Crippen molar-refractivity contribution in [3.63, 3.8) is 0 Å². The standard InChI is InChI=1S/C8H7N.C8H10.C7H6ClF.C7H8.2CH4/c1-7-4-2-3-5-8(7)6-9;1-7-4-3-5-8(2)6-7;1-5-2-3-6(9)4-7(5)8;1-7-5-3-2-4-6-7;;/h2-5H,1H3;3-6H,1-2H3;2-4H,1H3;2-6H,1H3;2*1H4. The third-order valence-corrected chi connectivity index (χ3v) is 4.92. The zero-order chi connectivity index (χ0) is 24.6. The summed E-state index contributed by atoms with van der Waals surface area (Å²) in [5, 5.41) is 8.95. The Morgan fingerprint density at radius 3 is 1.46 bits per heavy atom. The number of hydrogen-bond donors (Lipinski definition) is 0. The highest BCUT2D eigenvalue weighted by Crippen LogP contribution is 2.15. The number of rotatable bonds is 0. The van der Waals surface area contributed by atoms with E-state index >= 15 is 0 Å². The Morgan fingerprint density at radius 1 is 0.600 bits per heavy atom. The summed E-state index contributed by atoms with van der Waals surface area (Å²) in [6, 6.07) is 32.7.